The Labute approximate surface area is 115 Å². The zero-order valence-electron chi connectivity index (χ0n) is 11.6. The highest BCUT2D eigenvalue weighted by Crippen LogP contribution is 2.28. The van der Waals surface area contributed by atoms with Crippen molar-refractivity contribution in [3.05, 3.63) is 0 Å². The van der Waals surface area contributed by atoms with Crippen LogP contribution >= 0.6 is 0 Å². The second-order valence-corrected chi connectivity index (χ2v) is 7.80. The van der Waals surface area contributed by atoms with E-state index in [2.05, 4.69) is 6.92 Å². The molecule has 1 aliphatic rings. The van der Waals surface area contributed by atoms with E-state index < -0.39 is 20.4 Å². The van der Waals surface area contributed by atoms with Gasteiger partial charge < -0.3 is 4.55 Å². The number of hydrogen-bond acceptors (Lipinski definition) is 5. The average Bonchev–Trinajstić information content (AvgIpc) is 2.34. The molecule has 0 aliphatic carbocycles. The molecule has 1 atom stereocenters. The molecule has 1 N–H and O–H groups in total. The first kappa shape index (κ1) is 18.8. The number of hydrogen-bond donors (Lipinski definition) is 1. The van der Waals surface area contributed by atoms with Crippen molar-refractivity contribution in [2.45, 2.75) is 46.1 Å². The van der Waals surface area contributed by atoms with Gasteiger partial charge in [0.2, 0.25) is 10.4 Å². The van der Waals surface area contributed by atoms with E-state index in [1.54, 1.807) is 0 Å². The molecule has 1 saturated heterocycles. The summed E-state index contributed by atoms with van der Waals surface area (Å²) in [6.45, 7) is 7.47. The predicted octanol–water partition coefficient (Wildman–Crippen LogP) is 0.750. The largest absolute Gasteiger partial charge is 0.726 e. The van der Waals surface area contributed by atoms with Crippen LogP contribution in [0.25, 0.3) is 0 Å². The van der Waals surface area contributed by atoms with Gasteiger partial charge in [-0.1, -0.05) is 0 Å². The van der Waals surface area contributed by atoms with E-state index in [1.165, 1.54) is 0 Å². The summed E-state index contributed by atoms with van der Waals surface area (Å²) in [6.07, 6.45) is 2.94. The Kier molecular flexibility index (Phi) is 6.90. The molecule has 1 unspecified atom stereocenters. The van der Waals surface area contributed by atoms with Crippen LogP contribution in [-0.4, -0.2) is 54.7 Å². The summed E-state index contributed by atoms with van der Waals surface area (Å²) >= 11 is 0. The predicted molar refractivity (Wildman–Crippen MR) is 70.8 cm³/mol. The standard InChI is InChI=1S/C10H22NO2S.H2O4S/c1-4-11(5-2)10(3)8-6-7-9-14(11,12)13;1-5(2,3)4/h10H,4-9H2,1-3H3;(H2,1,2,3,4)/q+1;/p-1. The van der Waals surface area contributed by atoms with Crippen molar-refractivity contribution in [1.29, 1.82) is 0 Å². The van der Waals surface area contributed by atoms with Gasteiger partial charge in [0.15, 0.2) is 0 Å². The van der Waals surface area contributed by atoms with Crippen LogP contribution in [0.5, 0.6) is 0 Å². The zero-order chi connectivity index (χ0) is 15.3. The lowest BCUT2D eigenvalue weighted by atomic mass is 10.1. The van der Waals surface area contributed by atoms with Crippen LogP contribution in [0.15, 0.2) is 0 Å². The van der Waals surface area contributed by atoms with Gasteiger partial charge in [-0.3, -0.25) is 4.55 Å². The molecular formula is C10H23NO6S2. The van der Waals surface area contributed by atoms with Crippen LogP contribution in [0.3, 0.4) is 0 Å². The Balaban J connectivity index is 0.000000555. The molecule has 0 bridgehead atoms. The molecule has 0 aromatic rings. The number of rotatable bonds is 2. The molecule has 0 aromatic carbocycles. The van der Waals surface area contributed by atoms with Crippen molar-refractivity contribution in [2.24, 2.45) is 0 Å². The van der Waals surface area contributed by atoms with Gasteiger partial charge in [0.1, 0.15) is 11.8 Å². The fourth-order valence-corrected chi connectivity index (χ4v) is 5.03. The minimum absolute atomic E-state index is 0.262. The van der Waals surface area contributed by atoms with Crippen molar-refractivity contribution in [2.75, 3.05) is 18.8 Å². The van der Waals surface area contributed by atoms with Crippen LogP contribution in [0.4, 0.5) is 0 Å². The summed E-state index contributed by atoms with van der Waals surface area (Å²) in [4.78, 5) is 0. The summed E-state index contributed by atoms with van der Waals surface area (Å²) in [5.74, 6) is 0.374. The van der Waals surface area contributed by atoms with Crippen LogP contribution in [-0.2, 0) is 20.4 Å². The lowest BCUT2D eigenvalue weighted by Gasteiger charge is -2.38. The summed E-state index contributed by atoms with van der Waals surface area (Å²) in [5, 5.41) is 0. The molecule has 0 spiro atoms. The Bertz CT molecular complexity index is 458. The number of sulfonamides is 1. The third-order valence-corrected chi connectivity index (χ3v) is 6.49. The van der Waals surface area contributed by atoms with E-state index in [-0.39, 0.29) is 6.04 Å². The maximum absolute atomic E-state index is 12.2. The van der Waals surface area contributed by atoms with E-state index in [0.717, 1.165) is 19.3 Å². The first-order chi connectivity index (χ1) is 8.50. The van der Waals surface area contributed by atoms with Crippen molar-refractivity contribution in [1.82, 2.24) is 0 Å². The van der Waals surface area contributed by atoms with Crippen molar-refractivity contribution < 1.29 is 29.8 Å². The fourth-order valence-electron chi connectivity index (χ4n) is 2.66. The van der Waals surface area contributed by atoms with Gasteiger partial charge in [-0.15, -0.1) is 0 Å². The molecule has 1 heterocycles. The summed E-state index contributed by atoms with van der Waals surface area (Å²) < 4.78 is 57.5. The van der Waals surface area contributed by atoms with Gasteiger partial charge in [-0.2, -0.15) is 8.42 Å². The molecule has 0 radical (unpaired) electrons. The average molecular weight is 317 g/mol. The van der Waals surface area contributed by atoms with Crippen molar-refractivity contribution in [3.63, 3.8) is 0 Å². The maximum atomic E-state index is 12.2. The summed E-state index contributed by atoms with van der Waals surface area (Å²) in [6, 6.07) is 0.262. The molecule has 7 nitrogen and oxygen atoms in total. The third kappa shape index (κ3) is 5.35. The van der Waals surface area contributed by atoms with Gasteiger partial charge >= 0.3 is 0 Å². The monoisotopic (exact) mass is 317 g/mol. The van der Waals surface area contributed by atoms with Gasteiger partial charge in [0.05, 0.1) is 13.1 Å². The maximum Gasteiger partial charge on any atom is 0.297 e. The van der Waals surface area contributed by atoms with Gasteiger partial charge in [0.25, 0.3) is 10.0 Å². The van der Waals surface area contributed by atoms with E-state index in [1.807, 2.05) is 13.8 Å². The Morgan fingerprint density at radius 2 is 1.68 bits per heavy atom. The van der Waals surface area contributed by atoms with Gasteiger partial charge in [0, 0.05) is 6.42 Å². The molecular weight excluding hydrogens is 294 g/mol. The summed E-state index contributed by atoms with van der Waals surface area (Å²) in [7, 11) is -7.85. The molecule has 1 fully saturated rings. The fraction of sp³-hybridized carbons (Fsp3) is 1.00. The quantitative estimate of drug-likeness (QED) is 0.457. The highest BCUT2D eigenvalue weighted by atomic mass is 32.3. The molecule has 9 heteroatoms. The molecule has 1 aliphatic heterocycles. The first-order valence-corrected chi connectivity index (χ1v) is 9.25. The van der Waals surface area contributed by atoms with E-state index >= 15 is 0 Å². The van der Waals surface area contributed by atoms with E-state index in [4.69, 9.17) is 17.5 Å². The second-order valence-electron chi connectivity index (χ2n) is 4.64. The minimum Gasteiger partial charge on any atom is -0.726 e. The number of nitrogens with zero attached hydrogens (tertiary/aromatic N) is 1. The van der Waals surface area contributed by atoms with E-state index in [0.29, 0.717) is 22.7 Å². The highest BCUT2D eigenvalue weighted by molar-refractivity contribution is 7.85. The Morgan fingerprint density at radius 1 is 1.26 bits per heavy atom. The molecule has 0 aromatic heterocycles. The molecule has 116 valence electrons. The summed E-state index contributed by atoms with van der Waals surface area (Å²) in [5.41, 5.74) is 0. The van der Waals surface area contributed by atoms with Crippen LogP contribution in [0, 0.1) is 0 Å². The van der Waals surface area contributed by atoms with Crippen molar-refractivity contribution >= 4 is 20.4 Å². The van der Waals surface area contributed by atoms with Gasteiger partial charge in [-0.05, 0) is 33.6 Å². The molecule has 19 heavy (non-hydrogen) atoms. The smallest absolute Gasteiger partial charge is 0.297 e. The third-order valence-electron chi connectivity index (χ3n) is 3.70. The van der Waals surface area contributed by atoms with Crippen LogP contribution < -0.4 is 0 Å². The van der Waals surface area contributed by atoms with E-state index in [9.17, 15) is 8.42 Å². The molecule has 1 rings (SSSR count). The highest BCUT2D eigenvalue weighted by Gasteiger charge is 2.44. The zero-order valence-corrected chi connectivity index (χ0v) is 13.2. The molecule has 0 saturated carbocycles. The Hall–Kier alpha value is -0.220. The molecule has 0 amide bonds. The van der Waals surface area contributed by atoms with Crippen LogP contribution in [0.2, 0.25) is 0 Å². The first-order valence-electron chi connectivity index (χ1n) is 6.28. The lowest BCUT2D eigenvalue weighted by Crippen LogP contribution is -2.57. The SMILES string of the molecule is CC[N+]1(CC)C(C)CCCCS1(=O)=O.O=S(=O)([O-])O. The topological polar surface area (TPSA) is 112 Å². The second kappa shape index (κ2) is 6.98. The normalized spacial score (nSPS) is 25.8. The van der Waals surface area contributed by atoms with Crippen LogP contribution in [0.1, 0.15) is 40.0 Å². The minimum atomic E-state index is -4.92. The lowest BCUT2D eigenvalue weighted by molar-refractivity contribution is -0.827. The Morgan fingerprint density at radius 3 is 2.05 bits per heavy atom. The number of quaternary nitrogens is 1. The van der Waals surface area contributed by atoms with Gasteiger partial charge in [-0.25, -0.2) is 12.3 Å². The van der Waals surface area contributed by atoms with Crippen molar-refractivity contribution in [3.8, 4) is 0 Å².